The molecule has 0 aromatic heterocycles. The fraction of sp³-hybridized carbons (Fsp3) is 0.526. The molecule has 7 heteroatoms. The number of ether oxygens (including phenoxy) is 1. The maximum atomic E-state index is 12.6. The minimum Gasteiger partial charge on any atom is -0.465 e. The van der Waals surface area contributed by atoms with Gasteiger partial charge in [0, 0.05) is 26.2 Å². The molecule has 0 bridgehead atoms. The summed E-state index contributed by atoms with van der Waals surface area (Å²) in [6.45, 7) is 6.34. The van der Waals surface area contributed by atoms with Crippen LogP contribution in [0.15, 0.2) is 24.3 Å². The first-order valence-corrected chi connectivity index (χ1v) is 9.04. The lowest BCUT2D eigenvalue weighted by Gasteiger charge is -2.34. The number of nitrogens with zero attached hydrogens (tertiary/aromatic N) is 2. The van der Waals surface area contributed by atoms with Crippen LogP contribution in [0.2, 0.25) is 0 Å². The van der Waals surface area contributed by atoms with Crippen LogP contribution in [-0.2, 0) is 14.3 Å². The van der Waals surface area contributed by atoms with E-state index in [4.69, 9.17) is 4.74 Å². The van der Waals surface area contributed by atoms with Gasteiger partial charge >= 0.3 is 5.97 Å². The number of para-hydroxylation sites is 1. The summed E-state index contributed by atoms with van der Waals surface area (Å²) in [4.78, 5) is 41.1. The van der Waals surface area contributed by atoms with E-state index < -0.39 is 5.97 Å². The predicted molar refractivity (Wildman–Crippen MR) is 96.7 cm³/mol. The predicted octanol–water partition coefficient (Wildman–Crippen LogP) is 1.21. The summed E-state index contributed by atoms with van der Waals surface area (Å²) in [6.07, 6.45) is 0.569. The molecule has 2 aliphatic rings. The molecule has 1 aromatic carbocycles. The summed E-state index contributed by atoms with van der Waals surface area (Å²) in [5.41, 5.74) is 0.724. The first-order valence-electron chi connectivity index (χ1n) is 9.04. The normalized spacial score (nSPS) is 22.6. The highest BCUT2D eigenvalue weighted by atomic mass is 16.5. The van der Waals surface area contributed by atoms with E-state index in [0.29, 0.717) is 17.7 Å². The summed E-state index contributed by atoms with van der Waals surface area (Å²) in [5.74, 6) is -1.21. The van der Waals surface area contributed by atoms with Crippen LogP contribution in [-0.4, -0.2) is 67.4 Å². The molecule has 1 aromatic rings. The molecule has 1 aliphatic heterocycles. The van der Waals surface area contributed by atoms with Crippen molar-refractivity contribution in [2.24, 2.45) is 11.8 Å². The minimum atomic E-state index is -0.502. The Bertz CT molecular complexity index is 698. The highest BCUT2D eigenvalue weighted by molar-refractivity contribution is 6.04. The molecule has 2 fully saturated rings. The molecular formula is C19H25N3O4. The second-order valence-corrected chi connectivity index (χ2v) is 6.73. The fourth-order valence-corrected chi connectivity index (χ4v) is 3.38. The summed E-state index contributed by atoms with van der Waals surface area (Å²) in [5, 5.41) is 2.77. The van der Waals surface area contributed by atoms with Crippen molar-refractivity contribution < 1.29 is 19.1 Å². The smallest absolute Gasteiger partial charge is 0.339 e. The lowest BCUT2D eigenvalue weighted by atomic mass is 10.1. The van der Waals surface area contributed by atoms with Gasteiger partial charge in [0.1, 0.15) is 0 Å². The number of carbonyl (C=O) groups is 3. The van der Waals surface area contributed by atoms with Crippen LogP contribution in [0.5, 0.6) is 0 Å². The van der Waals surface area contributed by atoms with Gasteiger partial charge in [0.2, 0.25) is 11.8 Å². The van der Waals surface area contributed by atoms with Crippen molar-refractivity contribution in [3.8, 4) is 0 Å². The van der Waals surface area contributed by atoms with Crippen LogP contribution in [0.25, 0.3) is 0 Å². The monoisotopic (exact) mass is 359 g/mol. The van der Waals surface area contributed by atoms with E-state index in [1.165, 1.54) is 7.11 Å². The summed E-state index contributed by atoms with van der Waals surface area (Å²) in [6, 6.07) is 6.71. The molecule has 1 N–H and O–H groups in total. The number of carbonyl (C=O) groups excluding carboxylic acids is 3. The van der Waals surface area contributed by atoms with E-state index in [-0.39, 0.29) is 23.7 Å². The van der Waals surface area contributed by atoms with Crippen molar-refractivity contribution in [2.45, 2.75) is 13.3 Å². The molecular weight excluding hydrogens is 334 g/mol. The number of amides is 2. The van der Waals surface area contributed by atoms with E-state index in [1.807, 2.05) is 4.90 Å². The van der Waals surface area contributed by atoms with Crippen molar-refractivity contribution in [3.63, 3.8) is 0 Å². The molecule has 0 radical (unpaired) electrons. The van der Waals surface area contributed by atoms with Crippen molar-refractivity contribution in [2.75, 3.05) is 45.2 Å². The zero-order valence-electron chi connectivity index (χ0n) is 15.2. The third-order valence-corrected chi connectivity index (χ3v) is 5.17. The number of methoxy groups -OCH3 is 1. The van der Waals surface area contributed by atoms with Crippen molar-refractivity contribution in [1.82, 2.24) is 9.80 Å². The van der Waals surface area contributed by atoms with Gasteiger partial charge in [-0.1, -0.05) is 19.1 Å². The largest absolute Gasteiger partial charge is 0.465 e. The van der Waals surface area contributed by atoms with E-state index in [0.717, 1.165) is 32.7 Å². The molecule has 2 unspecified atom stereocenters. The van der Waals surface area contributed by atoms with Crippen LogP contribution in [0.3, 0.4) is 0 Å². The fourth-order valence-electron chi connectivity index (χ4n) is 3.38. The standard InChI is InChI=1S/C19H25N3O4/c1-3-21-8-10-22(11-9-21)18(24)15-12-14(15)17(23)20-16-7-5-4-6-13(16)19(25)26-2/h4-7,14-15H,3,8-12H2,1-2H3,(H,20,23). The Morgan fingerprint density at radius 2 is 1.81 bits per heavy atom. The molecule has 7 nitrogen and oxygen atoms in total. The van der Waals surface area contributed by atoms with Gasteiger partial charge in [-0.3, -0.25) is 9.59 Å². The number of nitrogens with one attached hydrogen (secondary N) is 1. The van der Waals surface area contributed by atoms with Gasteiger partial charge in [-0.2, -0.15) is 0 Å². The molecule has 1 saturated carbocycles. The molecule has 1 heterocycles. The Kier molecular flexibility index (Phi) is 5.56. The molecule has 3 rings (SSSR count). The molecule has 2 atom stereocenters. The van der Waals surface area contributed by atoms with Gasteiger partial charge in [0.25, 0.3) is 0 Å². The first kappa shape index (κ1) is 18.4. The van der Waals surface area contributed by atoms with E-state index in [1.54, 1.807) is 24.3 Å². The topological polar surface area (TPSA) is 79.0 Å². The lowest BCUT2D eigenvalue weighted by molar-refractivity contribution is -0.135. The number of piperazine rings is 1. The summed E-state index contributed by atoms with van der Waals surface area (Å²) >= 11 is 0. The molecule has 1 saturated heterocycles. The molecule has 26 heavy (non-hydrogen) atoms. The average Bonchev–Trinajstić information content (AvgIpc) is 3.48. The van der Waals surface area contributed by atoms with Crippen molar-refractivity contribution >= 4 is 23.5 Å². The van der Waals surface area contributed by atoms with E-state index in [9.17, 15) is 14.4 Å². The number of hydrogen-bond acceptors (Lipinski definition) is 5. The maximum absolute atomic E-state index is 12.6. The quantitative estimate of drug-likeness (QED) is 0.800. The van der Waals surface area contributed by atoms with Gasteiger partial charge in [-0.15, -0.1) is 0 Å². The van der Waals surface area contributed by atoms with Crippen molar-refractivity contribution in [3.05, 3.63) is 29.8 Å². The zero-order chi connectivity index (χ0) is 18.7. The number of benzene rings is 1. The minimum absolute atomic E-state index is 0.0714. The third-order valence-electron chi connectivity index (χ3n) is 5.17. The Labute approximate surface area is 153 Å². The lowest BCUT2D eigenvalue weighted by Crippen LogP contribution is -2.49. The summed E-state index contributed by atoms with van der Waals surface area (Å²) in [7, 11) is 1.30. The Balaban J connectivity index is 1.57. The molecule has 1 aliphatic carbocycles. The second-order valence-electron chi connectivity index (χ2n) is 6.73. The van der Waals surface area contributed by atoms with Crippen LogP contribution in [0.4, 0.5) is 5.69 Å². The Morgan fingerprint density at radius 3 is 2.46 bits per heavy atom. The van der Waals surface area contributed by atoms with Crippen molar-refractivity contribution in [1.29, 1.82) is 0 Å². The SMILES string of the molecule is CCN1CCN(C(=O)C2CC2C(=O)Nc2ccccc2C(=O)OC)CC1. The van der Waals surface area contributed by atoms with Crippen LogP contribution < -0.4 is 5.32 Å². The van der Waals surface area contributed by atoms with Gasteiger partial charge in [-0.05, 0) is 25.1 Å². The maximum Gasteiger partial charge on any atom is 0.339 e. The van der Waals surface area contributed by atoms with E-state index in [2.05, 4.69) is 17.1 Å². The third kappa shape index (κ3) is 3.88. The number of anilines is 1. The summed E-state index contributed by atoms with van der Waals surface area (Å²) < 4.78 is 4.74. The van der Waals surface area contributed by atoms with Gasteiger partial charge in [0.15, 0.2) is 0 Å². The molecule has 0 spiro atoms. The number of esters is 1. The Morgan fingerprint density at radius 1 is 1.12 bits per heavy atom. The number of hydrogen-bond donors (Lipinski definition) is 1. The van der Waals surface area contributed by atoms with Crippen LogP contribution in [0.1, 0.15) is 23.7 Å². The average molecular weight is 359 g/mol. The highest BCUT2D eigenvalue weighted by Crippen LogP contribution is 2.41. The molecule has 140 valence electrons. The van der Waals surface area contributed by atoms with Gasteiger partial charge in [0.05, 0.1) is 30.2 Å². The number of rotatable bonds is 5. The Hall–Kier alpha value is -2.41. The highest BCUT2D eigenvalue weighted by Gasteiger charge is 2.49. The number of likely N-dealkylation sites (N-methyl/N-ethyl adjacent to an activating group) is 1. The van der Waals surface area contributed by atoms with Crippen LogP contribution in [0, 0.1) is 11.8 Å². The first-order chi connectivity index (χ1) is 12.5. The zero-order valence-corrected chi connectivity index (χ0v) is 15.2. The second kappa shape index (κ2) is 7.86. The molecule has 2 amide bonds. The van der Waals surface area contributed by atoms with Gasteiger partial charge < -0.3 is 19.9 Å². The van der Waals surface area contributed by atoms with Gasteiger partial charge in [-0.25, -0.2) is 4.79 Å². The van der Waals surface area contributed by atoms with Crippen LogP contribution >= 0.6 is 0 Å². The van der Waals surface area contributed by atoms with E-state index >= 15 is 0 Å².